The van der Waals surface area contributed by atoms with Gasteiger partial charge in [-0.05, 0) is 50.5 Å². The Hall–Kier alpha value is -1.27. The lowest BCUT2D eigenvalue weighted by atomic mass is 10.2. The van der Waals surface area contributed by atoms with Gasteiger partial charge in [0.25, 0.3) is 15.0 Å². The van der Waals surface area contributed by atoms with Crippen LogP contribution >= 0.6 is 10.7 Å². The minimum atomic E-state index is -3.76. The average Bonchev–Trinajstić information content (AvgIpc) is 2.92. The Bertz CT molecular complexity index is 638. The third kappa shape index (κ3) is 3.89. The van der Waals surface area contributed by atoms with Crippen molar-refractivity contribution in [3.8, 4) is 5.75 Å². The standard InChI is InChI=1S/C14H18ClNO4S/c1-10-9-12(21(15,18)19)5-6-13(10)20-11(2)14(17)16-7-3-4-8-16/h5-6,9,11H,3-4,7-8H2,1-2H3. The number of likely N-dealkylation sites (tertiary alicyclic amines) is 1. The molecule has 0 bridgehead atoms. The molecule has 5 nitrogen and oxygen atoms in total. The van der Waals surface area contributed by atoms with E-state index >= 15 is 0 Å². The van der Waals surface area contributed by atoms with Gasteiger partial charge in [-0.1, -0.05) is 0 Å². The molecule has 7 heteroatoms. The van der Waals surface area contributed by atoms with Crippen LogP contribution in [0.25, 0.3) is 0 Å². The minimum absolute atomic E-state index is 0.0209. The van der Waals surface area contributed by atoms with Crippen LogP contribution in [0.2, 0.25) is 0 Å². The first-order chi connectivity index (χ1) is 9.79. The maximum Gasteiger partial charge on any atom is 0.263 e. The largest absolute Gasteiger partial charge is 0.481 e. The van der Waals surface area contributed by atoms with Gasteiger partial charge in [-0.25, -0.2) is 8.42 Å². The third-order valence-electron chi connectivity index (χ3n) is 3.50. The van der Waals surface area contributed by atoms with Crippen LogP contribution in [0, 0.1) is 6.92 Å². The van der Waals surface area contributed by atoms with Crippen LogP contribution < -0.4 is 4.74 Å². The fraction of sp³-hybridized carbons (Fsp3) is 0.500. The van der Waals surface area contributed by atoms with Crippen LogP contribution in [0.1, 0.15) is 25.3 Å². The first-order valence-electron chi connectivity index (χ1n) is 6.80. The molecule has 1 aromatic carbocycles. The van der Waals surface area contributed by atoms with Crippen molar-refractivity contribution < 1.29 is 17.9 Å². The molecule has 21 heavy (non-hydrogen) atoms. The number of halogens is 1. The van der Waals surface area contributed by atoms with Crippen LogP contribution in [0.5, 0.6) is 5.75 Å². The van der Waals surface area contributed by atoms with E-state index in [4.69, 9.17) is 15.4 Å². The van der Waals surface area contributed by atoms with Gasteiger partial charge in [-0.15, -0.1) is 0 Å². The van der Waals surface area contributed by atoms with E-state index in [1.165, 1.54) is 18.2 Å². The van der Waals surface area contributed by atoms with Gasteiger partial charge in [0.2, 0.25) is 0 Å². The van der Waals surface area contributed by atoms with E-state index in [2.05, 4.69) is 0 Å². The molecule has 1 aliphatic heterocycles. The van der Waals surface area contributed by atoms with Crippen molar-refractivity contribution in [1.29, 1.82) is 0 Å². The minimum Gasteiger partial charge on any atom is -0.481 e. The summed E-state index contributed by atoms with van der Waals surface area (Å²) in [5.74, 6) is 0.444. The Labute approximate surface area is 129 Å². The van der Waals surface area contributed by atoms with E-state index < -0.39 is 15.2 Å². The Balaban J connectivity index is 2.10. The van der Waals surface area contributed by atoms with Gasteiger partial charge in [-0.2, -0.15) is 0 Å². The summed E-state index contributed by atoms with van der Waals surface area (Å²) < 4.78 is 28.2. The van der Waals surface area contributed by atoms with Crippen molar-refractivity contribution in [3.05, 3.63) is 23.8 Å². The first-order valence-corrected chi connectivity index (χ1v) is 9.11. The number of carbonyl (C=O) groups excluding carboxylic acids is 1. The van der Waals surface area contributed by atoms with Gasteiger partial charge < -0.3 is 9.64 Å². The zero-order chi connectivity index (χ0) is 15.6. The van der Waals surface area contributed by atoms with Crippen LogP contribution in [0.3, 0.4) is 0 Å². The maximum absolute atomic E-state index is 12.2. The van der Waals surface area contributed by atoms with E-state index in [0.717, 1.165) is 25.9 Å². The molecule has 1 atom stereocenters. The van der Waals surface area contributed by atoms with Gasteiger partial charge in [0.1, 0.15) is 5.75 Å². The lowest BCUT2D eigenvalue weighted by Gasteiger charge is -2.22. The number of amides is 1. The molecule has 1 aromatic rings. The molecule has 116 valence electrons. The van der Waals surface area contributed by atoms with Crippen molar-refractivity contribution in [3.63, 3.8) is 0 Å². The summed E-state index contributed by atoms with van der Waals surface area (Å²) in [4.78, 5) is 14.0. The smallest absolute Gasteiger partial charge is 0.263 e. The molecular formula is C14H18ClNO4S. The third-order valence-corrected chi connectivity index (χ3v) is 4.85. The van der Waals surface area contributed by atoms with Gasteiger partial charge in [0, 0.05) is 23.8 Å². The number of nitrogens with zero attached hydrogens (tertiary/aromatic N) is 1. The molecule has 0 spiro atoms. The lowest BCUT2D eigenvalue weighted by Crippen LogP contribution is -2.38. The zero-order valence-electron chi connectivity index (χ0n) is 12.0. The lowest BCUT2D eigenvalue weighted by molar-refractivity contribution is -0.136. The molecule has 1 aliphatic rings. The van der Waals surface area contributed by atoms with Gasteiger partial charge in [-0.3, -0.25) is 4.79 Å². The van der Waals surface area contributed by atoms with Crippen molar-refractivity contribution in [2.75, 3.05) is 13.1 Å². The molecule has 1 amide bonds. The van der Waals surface area contributed by atoms with Crippen LogP contribution in [-0.2, 0) is 13.8 Å². The molecule has 0 aromatic heterocycles. The second-order valence-corrected chi connectivity index (χ2v) is 7.72. The van der Waals surface area contributed by atoms with E-state index in [1.54, 1.807) is 18.7 Å². The Morgan fingerprint density at radius 2 is 1.95 bits per heavy atom. The molecule has 1 heterocycles. The monoisotopic (exact) mass is 331 g/mol. The highest BCUT2D eigenvalue weighted by molar-refractivity contribution is 8.13. The SMILES string of the molecule is Cc1cc(S(=O)(=O)Cl)ccc1OC(C)C(=O)N1CCCC1. The Morgan fingerprint density at radius 1 is 1.33 bits per heavy atom. The quantitative estimate of drug-likeness (QED) is 0.794. The summed E-state index contributed by atoms with van der Waals surface area (Å²) in [6.45, 7) is 4.96. The van der Waals surface area contributed by atoms with Gasteiger partial charge >= 0.3 is 0 Å². The summed E-state index contributed by atoms with van der Waals surface area (Å²) in [6, 6.07) is 4.33. The normalized spacial score (nSPS) is 16.8. The van der Waals surface area contributed by atoms with Crippen molar-refractivity contribution in [1.82, 2.24) is 4.90 Å². The Morgan fingerprint density at radius 3 is 2.48 bits per heavy atom. The van der Waals surface area contributed by atoms with E-state index in [1.807, 2.05) is 0 Å². The number of aryl methyl sites for hydroxylation is 1. The number of hydrogen-bond donors (Lipinski definition) is 0. The molecule has 0 N–H and O–H groups in total. The molecule has 0 radical (unpaired) electrons. The molecular weight excluding hydrogens is 314 g/mol. The van der Waals surface area contributed by atoms with Crippen molar-refractivity contribution in [2.24, 2.45) is 0 Å². The fourth-order valence-corrected chi connectivity index (χ4v) is 3.18. The summed E-state index contributed by atoms with van der Waals surface area (Å²) in [7, 11) is 1.54. The molecule has 1 saturated heterocycles. The van der Waals surface area contributed by atoms with E-state index in [-0.39, 0.29) is 10.8 Å². The highest BCUT2D eigenvalue weighted by atomic mass is 35.7. The molecule has 1 unspecified atom stereocenters. The highest BCUT2D eigenvalue weighted by Crippen LogP contribution is 2.25. The Kier molecular flexibility index (Phi) is 4.78. The number of hydrogen-bond acceptors (Lipinski definition) is 4. The van der Waals surface area contributed by atoms with Gasteiger partial charge in [0.15, 0.2) is 6.10 Å². The molecule has 0 saturated carbocycles. The molecule has 2 rings (SSSR count). The predicted molar refractivity (Wildman–Crippen MR) is 80.1 cm³/mol. The van der Waals surface area contributed by atoms with Crippen LogP contribution in [0.4, 0.5) is 0 Å². The highest BCUT2D eigenvalue weighted by Gasteiger charge is 2.25. The second kappa shape index (κ2) is 6.23. The molecule has 1 fully saturated rings. The van der Waals surface area contributed by atoms with E-state index in [9.17, 15) is 13.2 Å². The van der Waals surface area contributed by atoms with Gasteiger partial charge in [0.05, 0.1) is 4.90 Å². The number of ether oxygens (including phenoxy) is 1. The van der Waals surface area contributed by atoms with Crippen LogP contribution in [-0.4, -0.2) is 38.4 Å². The summed E-state index contributed by atoms with van der Waals surface area (Å²) in [5, 5.41) is 0. The first kappa shape index (κ1) is 16.1. The maximum atomic E-state index is 12.2. The fourth-order valence-electron chi connectivity index (χ4n) is 2.34. The van der Waals surface area contributed by atoms with Crippen LogP contribution in [0.15, 0.2) is 23.1 Å². The molecule has 0 aliphatic carbocycles. The number of carbonyl (C=O) groups is 1. The van der Waals surface area contributed by atoms with Crippen molar-refractivity contribution >= 4 is 25.6 Å². The van der Waals surface area contributed by atoms with Crippen molar-refractivity contribution in [2.45, 2.75) is 37.7 Å². The van der Waals surface area contributed by atoms with E-state index in [0.29, 0.717) is 11.3 Å². The predicted octanol–water partition coefficient (Wildman–Crippen LogP) is 2.31. The summed E-state index contributed by atoms with van der Waals surface area (Å²) in [6.07, 6.45) is 1.46. The topological polar surface area (TPSA) is 63.7 Å². The average molecular weight is 332 g/mol. The zero-order valence-corrected chi connectivity index (χ0v) is 13.6. The number of rotatable bonds is 4. The summed E-state index contributed by atoms with van der Waals surface area (Å²) >= 11 is 0. The number of benzene rings is 1. The second-order valence-electron chi connectivity index (χ2n) is 5.16. The summed E-state index contributed by atoms with van der Waals surface area (Å²) in [5.41, 5.74) is 0.623.